The number of nitrogens with zero attached hydrogens (tertiary/aromatic N) is 9. The fourth-order valence-corrected chi connectivity index (χ4v) is 6.18. The lowest BCUT2D eigenvalue weighted by atomic mass is 9.90. The van der Waals surface area contributed by atoms with Gasteiger partial charge in [0.25, 0.3) is 0 Å². The molecule has 0 spiro atoms. The van der Waals surface area contributed by atoms with Crippen molar-refractivity contribution in [2.24, 2.45) is 7.05 Å². The Morgan fingerprint density at radius 1 is 1.00 bits per heavy atom. The SMILES string of the molecule is Cn1cc(-c2cnc(N(C(=O)NCc3ccccc3)[C@H]3CC[C@H](Nc4ncc(C#N)c(-c5ccc(C#N)s5)n4)CC3)cn2)cn1. The Hall–Kier alpha value is -5.66. The Morgan fingerprint density at radius 3 is 2.49 bits per heavy atom. The maximum atomic E-state index is 13.7. The van der Waals surface area contributed by atoms with Crippen LogP contribution in [0.5, 0.6) is 0 Å². The number of hydrogen-bond acceptors (Lipinski definition) is 10. The van der Waals surface area contributed by atoms with E-state index in [0.29, 0.717) is 40.1 Å². The van der Waals surface area contributed by atoms with Gasteiger partial charge >= 0.3 is 6.03 Å². The molecule has 2 N–H and O–H groups in total. The van der Waals surface area contributed by atoms with Gasteiger partial charge in [0.2, 0.25) is 5.95 Å². The molecule has 0 radical (unpaired) electrons. The van der Waals surface area contributed by atoms with E-state index in [9.17, 15) is 15.3 Å². The summed E-state index contributed by atoms with van der Waals surface area (Å²) in [6.07, 6.45) is 11.4. The topological polar surface area (TPSA) is 161 Å². The summed E-state index contributed by atoms with van der Waals surface area (Å²) in [6, 6.07) is 17.3. The zero-order chi connectivity index (χ0) is 31.2. The Morgan fingerprint density at radius 2 is 1.82 bits per heavy atom. The molecule has 1 saturated carbocycles. The second-order valence-corrected chi connectivity index (χ2v) is 11.8. The first-order chi connectivity index (χ1) is 22.0. The van der Waals surface area contributed by atoms with Gasteiger partial charge in [-0.2, -0.15) is 15.6 Å². The van der Waals surface area contributed by atoms with Gasteiger partial charge in [-0.3, -0.25) is 14.6 Å². The molecule has 5 aromatic rings. The number of amides is 2. The van der Waals surface area contributed by atoms with Crippen LogP contribution in [0.15, 0.2) is 73.4 Å². The highest BCUT2D eigenvalue weighted by Crippen LogP contribution is 2.31. The lowest BCUT2D eigenvalue weighted by molar-refractivity contribution is 0.240. The molecular formula is C32H29N11OS. The average Bonchev–Trinajstić information content (AvgIpc) is 3.75. The number of aryl methyl sites for hydroxylation is 1. The number of benzene rings is 1. The van der Waals surface area contributed by atoms with Crippen molar-refractivity contribution in [2.75, 3.05) is 10.2 Å². The molecule has 1 fully saturated rings. The van der Waals surface area contributed by atoms with Crippen molar-refractivity contribution < 1.29 is 4.79 Å². The van der Waals surface area contributed by atoms with E-state index < -0.39 is 0 Å². The van der Waals surface area contributed by atoms with Gasteiger partial charge in [-0.25, -0.2) is 19.7 Å². The van der Waals surface area contributed by atoms with Crippen LogP contribution in [0.3, 0.4) is 0 Å². The number of aromatic nitrogens is 6. The lowest BCUT2D eigenvalue weighted by Crippen LogP contribution is -2.49. The summed E-state index contributed by atoms with van der Waals surface area (Å²) in [5.74, 6) is 0.908. The molecule has 1 aliphatic rings. The summed E-state index contributed by atoms with van der Waals surface area (Å²) in [4.78, 5) is 34.9. The van der Waals surface area contributed by atoms with E-state index in [1.165, 1.54) is 17.5 Å². The number of nitrogens with one attached hydrogen (secondary N) is 2. The summed E-state index contributed by atoms with van der Waals surface area (Å²) in [5.41, 5.74) is 3.39. The highest BCUT2D eigenvalue weighted by molar-refractivity contribution is 7.16. The number of carbonyl (C=O) groups is 1. The second-order valence-electron chi connectivity index (χ2n) is 10.7. The molecule has 4 aromatic heterocycles. The van der Waals surface area contributed by atoms with E-state index in [4.69, 9.17) is 0 Å². The van der Waals surface area contributed by atoms with E-state index in [2.05, 4.69) is 47.8 Å². The number of hydrogen-bond donors (Lipinski definition) is 2. The molecular weight excluding hydrogens is 586 g/mol. The van der Waals surface area contributed by atoms with Crippen LogP contribution >= 0.6 is 11.3 Å². The molecule has 224 valence electrons. The molecule has 2 amide bonds. The molecule has 0 bridgehead atoms. The minimum Gasteiger partial charge on any atom is -0.351 e. The van der Waals surface area contributed by atoms with Crippen LogP contribution in [0.1, 0.15) is 41.7 Å². The van der Waals surface area contributed by atoms with Gasteiger partial charge in [-0.1, -0.05) is 30.3 Å². The van der Waals surface area contributed by atoms with Crippen molar-refractivity contribution in [3.63, 3.8) is 0 Å². The van der Waals surface area contributed by atoms with Crippen molar-refractivity contribution in [3.8, 4) is 34.0 Å². The number of urea groups is 1. The molecule has 0 aliphatic heterocycles. The Balaban J connectivity index is 1.17. The third kappa shape index (κ3) is 6.79. The predicted octanol–water partition coefficient (Wildman–Crippen LogP) is 5.28. The number of thiophene rings is 1. The van der Waals surface area contributed by atoms with Gasteiger partial charge < -0.3 is 10.6 Å². The summed E-state index contributed by atoms with van der Waals surface area (Å²) in [6.45, 7) is 0.396. The van der Waals surface area contributed by atoms with Crippen molar-refractivity contribution >= 4 is 29.1 Å². The largest absolute Gasteiger partial charge is 0.351 e. The minimum atomic E-state index is -0.230. The molecule has 13 heteroatoms. The molecule has 6 rings (SSSR count). The van der Waals surface area contributed by atoms with Crippen molar-refractivity contribution in [2.45, 2.75) is 44.3 Å². The standard InChI is InChI=1S/C32H29N11OS/c1-42-20-23(17-39-42)27-18-36-29(19-35-27)43(32(44)38-15-21-5-3-2-4-6-21)25-9-7-24(8-10-25)40-31-37-16-22(13-33)30(41-31)28-12-11-26(14-34)45-28/h2-6,11-12,16-20,24-25H,7-10,15H2,1H3,(H,38,44)(H,37,40,41)/t24-,25-. The molecule has 45 heavy (non-hydrogen) atoms. The summed E-state index contributed by atoms with van der Waals surface area (Å²) >= 11 is 1.29. The highest BCUT2D eigenvalue weighted by atomic mass is 32.1. The number of rotatable bonds is 8. The van der Waals surface area contributed by atoms with Crippen LogP contribution in [0, 0.1) is 22.7 Å². The van der Waals surface area contributed by atoms with E-state index in [1.54, 1.807) is 40.3 Å². The predicted molar refractivity (Wildman–Crippen MR) is 170 cm³/mol. The molecule has 1 aliphatic carbocycles. The highest BCUT2D eigenvalue weighted by Gasteiger charge is 2.31. The van der Waals surface area contributed by atoms with Crippen LogP contribution in [0.25, 0.3) is 21.8 Å². The summed E-state index contributed by atoms with van der Waals surface area (Å²) in [7, 11) is 1.84. The van der Waals surface area contributed by atoms with Crippen LogP contribution in [-0.4, -0.2) is 47.8 Å². The molecule has 0 atom stereocenters. The molecule has 4 heterocycles. The normalized spacial score (nSPS) is 15.9. The first kappa shape index (κ1) is 29.4. The maximum Gasteiger partial charge on any atom is 0.323 e. The summed E-state index contributed by atoms with van der Waals surface area (Å²) in [5, 5.41) is 29.5. The molecule has 1 aromatic carbocycles. The Bertz CT molecular complexity index is 1860. The first-order valence-corrected chi connectivity index (χ1v) is 15.3. The van der Waals surface area contributed by atoms with Crippen molar-refractivity contribution in [3.05, 3.63) is 89.5 Å². The number of carbonyl (C=O) groups excluding carboxylic acids is 1. The van der Waals surface area contributed by atoms with Gasteiger partial charge in [0.05, 0.1) is 40.9 Å². The van der Waals surface area contributed by atoms with Crippen LogP contribution in [-0.2, 0) is 13.6 Å². The van der Waals surface area contributed by atoms with E-state index in [1.807, 2.05) is 43.6 Å². The Labute approximate surface area is 264 Å². The van der Waals surface area contributed by atoms with Gasteiger partial charge in [-0.05, 0) is 43.4 Å². The third-order valence-electron chi connectivity index (χ3n) is 7.64. The number of anilines is 2. The fraction of sp³-hybridized carbons (Fsp3) is 0.250. The van der Waals surface area contributed by atoms with Crippen molar-refractivity contribution in [1.29, 1.82) is 10.5 Å². The van der Waals surface area contributed by atoms with Gasteiger partial charge in [0.15, 0.2) is 5.82 Å². The van der Waals surface area contributed by atoms with E-state index in [0.717, 1.165) is 41.7 Å². The smallest absolute Gasteiger partial charge is 0.323 e. The van der Waals surface area contributed by atoms with E-state index >= 15 is 0 Å². The van der Waals surface area contributed by atoms with Gasteiger partial charge in [0.1, 0.15) is 22.7 Å². The third-order valence-corrected chi connectivity index (χ3v) is 8.64. The van der Waals surface area contributed by atoms with Crippen LogP contribution in [0.4, 0.5) is 16.6 Å². The average molecular weight is 616 g/mol. The van der Waals surface area contributed by atoms with Crippen molar-refractivity contribution in [1.82, 2.24) is 35.0 Å². The minimum absolute atomic E-state index is 0.0771. The number of nitriles is 2. The lowest BCUT2D eigenvalue weighted by Gasteiger charge is -2.36. The maximum absolute atomic E-state index is 13.7. The van der Waals surface area contributed by atoms with Gasteiger partial charge in [-0.15, -0.1) is 11.3 Å². The fourth-order valence-electron chi connectivity index (χ4n) is 5.37. The zero-order valence-corrected chi connectivity index (χ0v) is 25.3. The molecule has 0 saturated heterocycles. The summed E-state index contributed by atoms with van der Waals surface area (Å²) < 4.78 is 1.71. The monoisotopic (exact) mass is 615 g/mol. The van der Waals surface area contributed by atoms with Gasteiger partial charge in [0, 0.05) is 37.4 Å². The van der Waals surface area contributed by atoms with E-state index in [-0.39, 0.29) is 18.1 Å². The molecule has 12 nitrogen and oxygen atoms in total. The first-order valence-electron chi connectivity index (χ1n) is 14.5. The van der Waals surface area contributed by atoms with Crippen LogP contribution in [0.2, 0.25) is 0 Å². The quantitative estimate of drug-likeness (QED) is 0.237. The zero-order valence-electron chi connectivity index (χ0n) is 24.5. The van der Waals surface area contributed by atoms with Crippen LogP contribution < -0.4 is 15.5 Å². The molecule has 0 unspecified atom stereocenters. The Kier molecular flexibility index (Phi) is 8.71. The second kappa shape index (κ2) is 13.3.